The van der Waals surface area contributed by atoms with E-state index in [0.29, 0.717) is 12.4 Å². The zero-order valence-electron chi connectivity index (χ0n) is 11.3. The van der Waals surface area contributed by atoms with E-state index in [1.807, 2.05) is 12.1 Å². The van der Waals surface area contributed by atoms with Gasteiger partial charge in [-0.3, -0.25) is 0 Å². The largest absolute Gasteiger partial charge is 0.460 e. The van der Waals surface area contributed by atoms with Crippen molar-refractivity contribution in [1.29, 1.82) is 0 Å². The molecule has 2 aromatic carbocycles. The van der Waals surface area contributed by atoms with Crippen LogP contribution in [0.4, 0.5) is 0 Å². The average Bonchev–Trinajstić information content (AvgIpc) is 3.35. The minimum absolute atomic E-state index is 0.326. The molecule has 102 valence electrons. The monoisotopic (exact) mass is 268 g/mol. The van der Waals surface area contributed by atoms with Crippen LogP contribution >= 0.6 is 0 Å². The van der Waals surface area contributed by atoms with Gasteiger partial charge in [0, 0.05) is 0 Å². The smallest absolute Gasteiger partial charge is 0.377 e. The summed E-state index contributed by atoms with van der Waals surface area (Å²) in [6.07, 6.45) is 1.36. The predicted octanol–water partition coefficient (Wildman–Crippen LogP) is 3.77. The Kier molecular flexibility index (Phi) is 4.95. The molecule has 3 nitrogen and oxygen atoms in total. The molecule has 20 heavy (non-hydrogen) atoms. The summed E-state index contributed by atoms with van der Waals surface area (Å²) in [6.45, 7) is 2.15. The molecule has 1 aliphatic heterocycles. The molecule has 0 amide bonds. The molecule has 0 radical (unpaired) electrons. The van der Waals surface area contributed by atoms with Crippen LogP contribution in [0, 0.1) is 0 Å². The van der Waals surface area contributed by atoms with E-state index in [0.717, 1.165) is 0 Å². The van der Waals surface area contributed by atoms with Crippen LogP contribution in [0.25, 0.3) is 11.1 Å². The standard InChI is InChI=1S/C12H10.C5H6O3/c1-3-7-11(8-4-1)12-9-5-2-6-10-12;1-2-7-5(6)4-3-8-4/h1-10H;3H,2H2,1H3. The van der Waals surface area contributed by atoms with Gasteiger partial charge >= 0.3 is 5.97 Å². The molecule has 1 aliphatic rings. The molecule has 0 saturated carbocycles. The molecule has 3 heteroatoms. The Labute approximate surface area is 118 Å². The molecule has 1 heterocycles. The van der Waals surface area contributed by atoms with Crippen LogP contribution in [0.5, 0.6) is 0 Å². The summed E-state index contributed by atoms with van der Waals surface area (Å²) in [4.78, 5) is 10.4. The molecule has 0 fully saturated rings. The Morgan fingerprint density at radius 3 is 1.75 bits per heavy atom. The number of benzene rings is 2. The number of carbonyl (C=O) groups excluding carboxylic acids is 1. The third-order valence-corrected chi connectivity index (χ3v) is 2.59. The zero-order chi connectivity index (χ0) is 14.2. The van der Waals surface area contributed by atoms with Crippen LogP contribution in [0.15, 0.2) is 72.7 Å². The molecule has 0 aliphatic carbocycles. The van der Waals surface area contributed by atoms with Crippen LogP contribution in [0.1, 0.15) is 6.92 Å². The fraction of sp³-hybridized carbons (Fsp3) is 0.118. The fourth-order valence-electron chi connectivity index (χ4n) is 1.59. The summed E-state index contributed by atoms with van der Waals surface area (Å²) >= 11 is 0. The predicted molar refractivity (Wildman–Crippen MR) is 77.7 cm³/mol. The lowest BCUT2D eigenvalue weighted by molar-refractivity contribution is -0.139. The number of rotatable bonds is 3. The van der Waals surface area contributed by atoms with Crippen molar-refractivity contribution in [3.05, 3.63) is 72.7 Å². The van der Waals surface area contributed by atoms with Crippen molar-refractivity contribution < 1.29 is 14.3 Å². The van der Waals surface area contributed by atoms with E-state index in [1.54, 1.807) is 6.92 Å². The lowest BCUT2D eigenvalue weighted by Crippen LogP contribution is -2.00. The Hall–Kier alpha value is -2.55. The summed E-state index contributed by atoms with van der Waals surface area (Å²) in [5, 5.41) is 0. The summed E-state index contributed by atoms with van der Waals surface area (Å²) in [5.74, 6) is -0.0423. The lowest BCUT2D eigenvalue weighted by Gasteiger charge is -1.98. The number of esters is 1. The molecule has 0 bridgehead atoms. The van der Waals surface area contributed by atoms with Gasteiger partial charge < -0.3 is 9.47 Å². The maximum atomic E-state index is 10.4. The zero-order valence-corrected chi connectivity index (χ0v) is 11.3. The molecule has 3 rings (SSSR count). The second-order valence-corrected chi connectivity index (χ2v) is 4.05. The van der Waals surface area contributed by atoms with Gasteiger partial charge in [-0.1, -0.05) is 60.7 Å². The van der Waals surface area contributed by atoms with Gasteiger partial charge in [0.2, 0.25) is 5.76 Å². The Balaban J connectivity index is 0.000000160. The molecule has 0 unspecified atom stereocenters. The minimum Gasteiger partial charge on any atom is -0.460 e. The van der Waals surface area contributed by atoms with Crippen LogP contribution < -0.4 is 0 Å². The van der Waals surface area contributed by atoms with Crippen molar-refractivity contribution in [3.8, 4) is 11.1 Å². The van der Waals surface area contributed by atoms with Gasteiger partial charge in [-0.2, -0.15) is 0 Å². The van der Waals surface area contributed by atoms with Crippen LogP contribution in [0.3, 0.4) is 0 Å². The van der Waals surface area contributed by atoms with Gasteiger partial charge in [-0.15, -0.1) is 0 Å². The topological polar surface area (TPSA) is 38.8 Å². The maximum absolute atomic E-state index is 10.4. The highest BCUT2D eigenvalue weighted by atomic mass is 16.6. The van der Waals surface area contributed by atoms with Crippen LogP contribution in [-0.4, -0.2) is 12.6 Å². The van der Waals surface area contributed by atoms with Gasteiger partial charge in [-0.05, 0) is 18.1 Å². The molecule has 0 N–H and O–H groups in total. The fourth-order valence-corrected chi connectivity index (χ4v) is 1.59. The van der Waals surface area contributed by atoms with E-state index in [1.165, 1.54) is 17.4 Å². The van der Waals surface area contributed by atoms with Crippen molar-refractivity contribution in [1.82, 2.24) is 0 Å². The Bertz CT molecular complexity index is 536. The molecule has 0 aromatic heterocycles. The van der Waals surface area contributed by atoms with E-state index in [4.69, 9.17) is 0 Å². The third kappa shape index (κ3) is 4.28. The lowest BCUT2D eigenvalue weighted by atomic mass is 10.1. The molecular weight excluding hydrogens is 252 g/mol. The van der Waals surface area contributed by atoms with E-state index in [9.17, 15) is 4.79 Å². The highest BCUT2D eigenvalue weighted by molar-refractivity contribution is 5.88. The molecule has 0 spiro atoms. The van der Waals surface area contributed by atoms with Crippen molar-refractivity contribution in [2.45, 2.75) is 6.92 Å². The number of hydrogen-bond acceptors (Lipinski definition) is 3. The van der Waals surface area contributed by atoms with Crippen molar-refractivity contribution in [3.63, 3.8) is 0 Å². The van der Waals surface area contributed by atoms with Gasteiger partial charge in [0.15, 0.2) is 0 Å². The molecule has 0 saturated heterocycles. The first-order valence-electron chi connectivity index (χ1n) is 6.45. The van der Waals surface area contributed by atoms with Gasteiger partial charge in [0.25, 0.3) is 0 Å². The highest BCUT2D eigenvalue weighted by Gasteiger charge is 2.21. The molecule has 2 aromatic rings. The highest BCUT2D eigenvalue weighted by Crippen LogP contribution is 2.17. The van der Waals surface area contributed by atoms with E-state index >= 15 is 0 Å². The third-order valence-electron chi connectivity index (χ3n) is 2.59. The Morgan fingerprint density at radius 1 is 0.950 bits per heavy atom. The van der Waals surface area contributed by atoms with Gasteiger partial charge in [0.1, 0.15) is 6.26 Å². The van der Waals surface area contributed by atoms with E-state index < -0.39 is 0 Å². The van der Waals surface area contributed by atoms with Crippen molar-refractivity contribution in [2.75, 3.05) is 6.61 Å². The summed E-state index contributed by atoms with van der Waals surface area (Å²) < 4.78 is 8.97. The van der Waals surface area contributed by atoms with Gasteiger partial charge in [-0.25, -0.2) is 4.79 Å². The summed E-state index contributed by atoms with van der Waals surface area (Å²) in [7, 11) is 0. The minimum atomic E-state index is -0.368. The van der Waals surface area contributed by atoms with Crippen molar-refractivity contribution >= 4 is 5.97 Å². The van der Waals surface area contributed by atoms with Gasteiger partial charge in [0.05, 0.1) is 6.61 Å². The number of ether oxygens (including phenoxy) is 2. The first-order valence-corrected chi connectivity index (χ1v) is 6.45. The van der Waals surface area contributed by atoms with E-state index in [-0.39, 0.29) is 5.97 Å². The molecular formula is C17H16O3. The quantitative estimate of drug-likeness (QED) is 0.795. The second kappa shape index (κ2) is 7.14. The number of carbonyl (C=O) groups is 1. The van der Waals surface area contributed by atoms with E-state index in [2.05, 4.69) is 58.0 Å². The van der Waals surface area contributed by atoms with Crippen molar-refractivity contribution in [2.24, 2.45) is 0 Å². The normalized spacial score (nSPS) is 11.3. The summed E-state index contributed by atoms with van der Waals surface area (Å²) in [6, 6.07) is 20.8. The van der Waals surface area contributed by atoms with Crippen LogP contribution in [0.2, 0.25) is 0 Å². The average molecular weight is 268 g/mol. The summed E-state index contributed by atoms with van der Waals surface area (Å²) in [5.41, 5.74) is 2.55. The first-order chi connectivity index (χ1) is 9.81. The molecule has 0 atom stereocenters. The Morgan fingerprint density at radius 2 is 1.40 bits per heavy atom. The SMILES string of the molecule is CCOC(=O)C1=CO1.c1ccc(-c2ccccc2)cc1. The number of hydrogen-bond donors (Lipinski definition) is 0. The second-order valence-electron chi connectivity index (χ2n) is 4.05. The maximum Gasteiger partial charge on any atom is 0.377 e. The first kappa shape index (κ1) is 13.9. The van der Waals surface area contributed by atoms with Crippen LogP contribution in [-0.2, 0) is 14.3 Å².